The van der Waals surface area contributed by atoms with Crippen LogP contribution in [0.1, 0.15) is 0 Å². The minimum absolute atomic E-state index is 0.653. The van der Waals surface area contributed by atoms with Crippen molar-refractivity contribution in [3.05, 3.63) is 224 Å². The van der Waals surface area contributed by atoms with Gasteiger partial charge in [-0.1, -0.05) is 158 Å². The Balaban J connectivity index is 0.951. The first-order chi connectivity index (χ1) is 33.2. The average molecular weight is 852 g/mol. The smallest absolute Gasteiger partial charge is 0.235 e. The van der Waals surface area contributed by atoms with Crippen LogP contribution >= 0.6 is 0 Å². The normalized spacial score (nSPS) is 12.2. The molecule has 0 spiro atoms. The highest BCUT2D eigenvalue weighted by molar-refractivity contribution is 6.30. The van der Waals surface area contributed by atoms with Crippen LogP contribution in [0.4, 0.5) is 0 Å². The number of hydrogen-bond acceptors (Lipinski definition) is 2. The molecule has 5 heteroatoms. The third-order valence-electron chi connectivity index (χ3n) is 14.2. The van der Waals surface area contributed by atoms with E-state index in [1.165, 1.54) is 87.1 Å². The van der Waals surface area contributed by atoms with E-state index < -0.39 is 0 Å². The van der Waals surface area contributed by atoms with Gasteiger partial charge in [-0.25, -0.2) is 9.97 Å². The molecule has 15 rings (SSSR count). The Morgan fingerprint density at radius 1 is 0.269 bits per heavy atom. The van der Waals surface area contributed by atoms with Gasteiger partial charge in [-0.2, -0.15) is 0 Å². The minimum atomic E-state index is 0.653. The van der Waals surface area contributed by atoms with Gasteiger partial charge >= 0.3 is 0 Å². The van der Waals surface area contributed by atoms with Crippen molar-refractivity contribution in [1.29, 1.82) is 0 Å². The molecule has 4 aromatic heterocycles. The first kappa shape index (κ1) is 36.3. The van der Waals surface area contributed by atoms with Crippen molar-refractivity contribution in [3.8, 4) is 51.0 Å². The largest absolute Gasteiger partial charge is 0.309 e. The number of aromatic nitrogens is 5. The van der Waals surface area contributed by atoms with Crippen molar-refractivity contribution < 1.29 is 0 Å². The van der Waals surface area contributed by atoms with Crippen molar-refractivity contribution >= 4 is 87.0 Å². The van der Waals surface area contributed by atoms with Crippen LogP contribution in [-0.4, -0.2) is 23.7 Å². The van der Waals surface area contributed by atoms with E-state index in [2.05, 4.69) is 226 Å². The zero-order chi connectivity index (χ0) is 43.7. The summed E-state index contributed by atoms with van der Waals surface area (Å²) in [5.74, 6) is 0.653. The molecular weight excluding hydrogens is 815 g/mol. The van der Waals surface area contributed by atoms with Gasteiger partial charge in [0.2, 0.25) is 5.95 Å². The van der Waals surface area contributed by atoms with Crippen LogP contribution in [0.15, 0.2) is 224 Å². The molecule has 0 aliphatic carbocycles. The average Bonchev–Trinajstić information content (AvgIpc) is 4.05. The predicted molar refractivity (Wildman–Crippen MR) is 279 cm³/mol. The van der Waals surface area contributed by atoms with Crippen molar-refractivity contribution in [3.63, 3.8) is 0 Å². The lowest BCUT2D eigenvalue weighted by Gasteiger charge is -2.14. The maximum absolute atomic E-state index is 5.32. The second kappa shape index (κ2) is 13.7. The van der Waals surface area contributed by atoms with Gasteiger partial charge in [0.25, 0.3) is 0 Å². The van der Waals surface area contributed by atoms with Crippen molar-refractivity contribution in [2.75, 3.05) is 0 Å². The van der Waals surface area contributed by atoms with Gasteiger partial charge in [-0.3, -0.25) is 4.57 Å². The number of hydrogen-bond donors (Lipinski definition) is 0. The molecule has 0 N–H and O–H groups in total. The summed E-state index contributed by atoms with van der Waals surface area (Å²) in [6.45, 7) is 0. The summed E-state index contributed by atoms with van der Waals surface area (Å²) >= 11 is 0. The number of rotatable bonds is 6. The van der Waals surface area contributed by atoms with Gasteiger partial charge in [0.05, 0.1) is 44.5 Å². The molecule has 0 saturated carbocycles. The van der Waals surface area contributed by atoms with E-state index in [0.717, 1.165) is 44.9 Å². The lowest BCUT2D eigenvalue weighted by Crippen LogP contribution is -2.04. The molecule has 15 aromatic rings. The highest BCUT2D eigenvalue weighted by Gasteiger charge is 2.24. The van der Waals surface area contributed by atoms with Crippen LogP contribution < -0.4 is 0 Å². The van der Waals surface area contributed by atoms with E-state index in [1.807, 2.05) is 12.1 Å². The van der Waals surface area contributed by atoms with Gasteiger partial charge in [0, 0.05) is 54.8 Å². The van der Waals surface area contributed by atoms with Gasteiger partial charge in [-0.05, 0) is 99.4 Å². The first-order valence-electron chi connectivity index (χ1n) is 22.9. The van der Waals surface area contributed by atoms with Crippen LogP contribution in [0.5, 0.6) is 0 Å². The molecule has 0 atom stereocenters. The predicted octanol–water partition coefficient (Wildman–Crippen LogP) is 16.0. The lowest BCUT2D eigenvalue weighted by atomic mass is 9.90. The Hall–Kier alpha value is -9.06. The molecule has 5 nitrogen and oxygen atoms in total. The second-order valence-electron chi connectivity index (χ2n) is 17.7. The molecule has 0 radical (unpaired) electrons. The van der Waals surface area contributed by atoms with Gasteiger partial charge < -0.3 is 9.13 Å². The Morgan fingerprint density at radius 2 is 0.746 bits per heavy atom. The number of para-hydroxylation sites is 2. The number of fused-ring (bicyclic) bond motifs is 3. The second-order valence-corrected chi connectivity index (χ2v) is 17.7. The summed E-state index contributed by atoms with van der Waals surface area (Å²) in [7, 11) is 0. The lowest BCUT2D eigenvalue weighted by molar-refractivity contribution is 0.996. The van der Waals surface area contributed by atoms with Gasteiger partial charge in [-0.15, -0.1) is 0 Å². The SMILES string of the molecule is c1ccc(-c2cc(-c3ccccc3)nc(-n3c4cccc5ccc6c(-c7ccc8c9c7ccc7cccc(c79)n8-c7ccc8c(c7)c7ccccc7n8-c7ccccc7)ccc3c6c54)n2)cc1. The molecule has 4 heterocycles. The highest BCUT2D eigenvalue weighted by Crippen LogP contribution is 2.47. The molecule has 0 amide bonds. The third-order valence-corrected chi connectivity index (χ3v) is 14.2. The zero-order valence-electron chi connectivity index (χ0n) is 36.1. The van der Waals surface area contributed by atoms with Crippen molar-refractivity contribution in [2.24, 2.45) is 0 Å². The third kappa shape index (κ3) is 5.14. The maximum atomic E-state index is 5.32. The quantitative estimate of drug-likeness (QED) is 0.156. The van der Waals surface area contributed by atoms with E-state index in [4.69, 9.17) is 9.97 Å². The molecule has 67 heavy (non-hydrogen) atoms. The van der Waals surface area contributed by atoms with Gasteiger partial charge in [0.1, 0.15) is 0 Å². The molecule has 0 unspecified atom stereocenters. The summed E-state index contributed by atoms with van der Waals surface area (Å²) in [4.78, 5) is 10.6. The molecule has 0 aliphatic rings. The summed E-state index contributed by atoms with van der Waals surface area (Å²) in [6.07, 6.45) is 0. The fraction of sp³-hybridized carbons (Fsp3) is 0. The molecule has 0 fully saturated rings. The summed E-state index contributed by atoms with van der Waals surface area (Å²) in [5.41, 5.74) is 15.6. The molecule has 0 aliphatic heterocycles. The van der Waals surface area contributed by atoms with Gasteiger partial charge in [0.15, 0.2) is 0 Å². The fourth-order valence-electron chi connectivity index (χ4n) is 11.3. The molecule has 310 valence electrons. The van der Waals surface area contributed by atoms with Crippen LogP contribution in [0.2, 0.25) is 0 Å². The van der Waals surface area contributed by atoms with E-state index in [1.54, 1.807) is 0 Å². The van der Waals surface area contributed by atoms with E-state index >= 15 is 0 Å². The molecule has 0 bridgehead atoms. The van der Waals surface area contributed by atoms with Crippen LogP contribution in [-0.2, 0) is 0 Å². The Labute approximate surface area is 384 Å². The number of benzene rings is 11. The zero-order valence-corrected chi connectivity index (χ0v) is 36.1. The van der Waals surface area contributed by atoms with Crippen LogP contribution in [0.3, 0.4) is 0 Å². The topological polar surface area (TPSA) is 40.6 Å². The van der Waals surface area contributed by atoms with Crippen LogP contribution in [0, 0.1) is 0 Å². The number of nitrogens with zero attached hydrogens (tertiary/aromatic N) is 5. The van der Waals surface area contributed by atoms with E-state index in [0.29, 0.717) is 5.95 Å². The Bertz CT molecular complexity index is 4370. The summed E-state index contributed by atoms with van der Waals surface area (Å²) in [5, 5.41) is 12.4. The first-order valence-corrected chi connectivity index (χ1v) is 22.9. The Morgan fingerprint density at radius 3 is 1.37 bits per heavy atom. The summed E-state index contributed by atoms with van der Waals surface area (Å²) in [6, 6.07) is 81.3. The highest BCUT2D eigenvalue weighted by atomic mass is 15.2. The van der Waals surface area contributed by atoms with E-state index in [-0.39, 0.29) is 0 Å². The monoisotopic (exact) mass is 851 g/mol. The van der Waals surface area contributed by atoms with Crippen molar-refractivity contribution in [1.82, 2.24) is 23.7 Å². The Kier molecular flexibility index (Phi) is 7.44. The minimum Gasteiger partial charge on any atom is -0.309 e. The molecular formula is C62H37N5. The van der Waals surface area contributed by atoms with Crippen LogP contribution in [0.25, 0.3) is 138 Å². The van der Waals surface area contributed by atoms with Crippen molar-refractivity contribution in [2.45, 2.75) is 0 Å². The fourth-order valence-corrected chi connectivity index (χ4v) is 11.3. The standard InChI is InChI=1S/C62H37N5/c1-4-14-38(15-5-1)50-37-51(39-16-6-2-7-17-39)64-62(63-50)67-55-25-13-19-41-27-30-48-45(32-35-57(67)61(48)59(41)55)44-31-34-56-60-47(44)29-26-40-18-12-24-54(58(40)60)66(56)43-28-33-53-49(36-43)46-22-10-11-23-52(46)65(53)42-20-8-3-9-21-42/h1-37H. The summed E-state index contributed by atoms with van der Waals surface area (Å²) < 4.78 is 7.13. The molecule has 11 aromatic carbocycles. The van der Waals surface area contributed by atoms with E-state index in [9.17, 15) is 0 Å². The maximum Gasteiger partial charge on any atom is 0.235 e. The molecule has 0 saturated heterocycles.